The number of aliphatic hydroxyl groups excluding tert-OH is 1. The summed E-state index contributed by atoms with van der Waals surface area (Å²) in [5.74, 6) is 0. The van der Waals surface area contributed by atoms with Crippen molar-refractivity contribution in [1.82, 2.24) is 9.55 Å². The molecule has 0 bridgehead atoms. The summed E-state index contributed by atoms with van der Waals surface area (Å²) < 4.78 is 1.81. The molecule has 0 fully saturated rings. The van der Waals surface area contributed by atoms with Gasteiger partial charge in [-0.15, -0.1) is 0 Å². The van der Waals surface area contributed by atoms with E-state index in [4.69, 9.17) is 16.7 Å². The fourth-order valence-electron chi connectivity index (χ4n) is 0.745. The molecule has 1 heterocycles. The van der Waals surface area contributed by atoms with Crippen LogP contribution in [0.3, 0.4) is 0 Å². The number of aliphatic hydroxyl groups is 1. The van der Waals surface area contributed by atoms with Gasteiger partial charge in [-0.2, -0.15) is 0 Å². The quantitative estimate of drug-likeness (QED) is 0.641. The molecule has 56 valence electrons. The lowest BCUT2D eigenvalue weighted by Crippen LogP contribution is -2.00. The standard InChI is InChI=1S/C6H9ClN2O/c1-9-3-5(8-4-9)2-6(7)10/h3-4,6,10H,2H2,1H3. The number of imidazole rings is 1. The topological polar surface area (TPSA) is 38.0 Å². The van der Waals surface area contributed by atoms with Crippen LogP contribution in [0.4, 0.5) is 0 Å². The van der Waals surface area contributed by atoms with Crippen LogP contribution in [0.2, 0.25) is 0 Å². The van der Waals surface area contributed by atoms with Crippen LogP contribution in [0.15, 0.2) is 12.5 Å². The highest BCUT2D eigenvalue weighted by Gasteiger charge is 2.01. The van der Waals surface area contributed by atoms with Crippen LogP contribution in [0.1, 0.15) is 5.69 Å². The predicted molar refractivity (Wildman–Crippen MR) is 38.8 cm³/mol. The maximum absolute atomic E-state index is 8.73. The zero-order chi connectivity index (χ0) is 7.56. The Hall–Kier alpha value is -0.540. The zero-order valence-electron chi connectivity index (χ0n) is 5.66. The van der Waals surface area contributed by atoms with E-state index in [9.17, 15) is 0 Å². The number of alkyl halides is 1. The van der Waals surface area contributed by atoms with Crippen LogP contribution in [0.5, 0.6) is 0 Å². The molecule has 0 aliphatic carbocycles. The first kappa shape index (κ1) is 7.57. The maximum atomic E-state index is 8.73. The Labute approximate surface area is 64.3 Å². The number of halogens is 1. The van der Waals surface area contributed by atoms with Crippen molar-refractivity contribution in [2.75, 3.05) is 0 Å². The van der Waals surface area contributed by atoms with Gasteiger partial charge in [-0.1, -0.05) is 11.6 Å². The third-order valence-corrected chi connectivity index (χ3v) is 1.29. The van der Waals surface area contributed by atoms with Gasteiger partial charge in [0.05, 0.1) is 12.0 Å². The lowest BCUT2D eigenvalue weighted by atomic mass is 10.3. The van der Waals surface area contributed by atoms with Gasteiger partial charge >= 0.3 is 0 Å². The molecular formula is C6H9ClN2O. The number of hydrogen-bond donors (Lipinski definition) is 1. The van der Waals surface area contributed by atoms with Crippen LogP contribution >= 0.6 is 11.6 Å². The average molecular weight is 161 g/mol. The number of aromatic nitrogens is 2. The molecule has 0 amide bonds. The summed E-state index contributed by atoms with van der Waals surface area (Å²) in [6.07, 6.45) is 3.91. The van der Waals surface area contributed by atoms with Crippen molar-refractivity contribution in [3.63, 3.8) is 0 Å². The van der Waals surface area contributed by atoms with E-state index >= 15 is 0 Å². The van der Waals surface area contributed by atoms with Crippen molar-refractivity contribution in [2.24, 2.45) is 7.05 Å². The summed E-state index contributed by atoms with van der Waals surface area (Å²) in [5.41, 5.74) is -0.0140. The largest absolute Gasteiger partial charge is 0.377 e. The molecule has 0 aromatic carbocycles. The van der Waals surface area contributed by atoms with Crippen LogP contribution in [0.25, 0.3) is 0 Å². The van der Waals surface area contributed by atoms with E-state index in [0.717, 1.165) is 5.69 Å². The monoisotopic (exact) mass is 160 g/mol. The number of rotatable bonds is 2. The number of nitrogens with zero attached hydrogens (tertiary/aromatic N) is 2. The lowest BCUT2D eigenvalue weighted by molar-refractivity contribution is 0.256. The summed E-state index contributed by atoms with van der Waals surface area (Å²) in [7, 11) is 1.87. The number of hydrogen-bond acceptors (Lipinski definition) is 2. The van der Waals surface area contributed by atoms with Crippen molar-refractivity contribution in [1.29, 1.82) is 0 Å². The molecule has 1 unspecified atom stereocenters. The van der Waals surface area contributed by atoms with Crippen LogP contribution in [-0.4, -0.2) is 20.2 Å². The minimum Gasteiger partial charge on any atom is -0.377 e. The minimum atomic E-state index is -0.824. The summed E-state index contributed by atoms with van der Waals surface area (Å²) in [4.78, 5) is 3.97. The summed E-state index contributed by atoms with van der Waals surface area (Å²) in [6.45, 7) is 0. The highest BCUT2D eigenvalue weighted by atomic mass is 35.5. The van der Waals surface area contributed by atoms with Crippen molar-refractivity contribution in [2.45, 2.75) is 12.0 Å². The van der Waals surface area contributed by atoms with Gasteiger partial charge in [0.25, 0.3) is 0 Å². The molecule has 1 rings (SSSR count). The Bertz CT molecular complexity index is 209. The van der Waals surface area contributed by atoms with Crippen LogP contribution < -0.4 is 0 Å². The summed E-state index contributed by atoms with van der Waals surface area (Å²) in [5, 5.41) is 8.73. The van der Waals surface area contributed by atoms with Crippen molar-refractivity contribution < 1.29 is 5.11 Å². The average Bonchev–Trinajstić information content (AvgIpc) is 2.13. The van der Waals surface area contributed by atoms with E-state index in [1.165, 1.54) is 0 Å². The molecule has 3 nitrogen and oxygen atoms in total. The van der Waals surface area contributed by atoms with E-state index in [2.05, 4.69) is 4.98 Å². The molecule has 1 aromatic heterocycles. The highest BCUT2D eigenvalue weighted by molar-refractivity contribution is 6.19. The normalized spacial score (nSPS) is 13.5. The molecule has 1 atom stereocenters. The molecule has 1 aromatic rings. The van der Waals surface area contributed by atoms with Gasteiger partial charge in [-0.3, -0.25) is 0 Å². The first-order valence-corrected chi connectivity index (χ1v) is 3.41. The van der Waals surface area contributed by atoms with Crippen molar-refractivity contribution >= 4 is 11.6 Å². The van der Waals surface area contributed by atoms with E-state index in [0.29, 0.717) is 6.42 Å². The molecular weight excluding hydrogens is 152 g/mol. The molecule has 10 heavy (non-hydrogen) atoms. The summed E-state index contributed by atoms with van der Waals surface area (Å²) in [6, 6.07) is 0. The predicted octanol–water partition coefficient (Wildman–Crippen LogP) is 0.520. The molecule has 0 aliphatic rings. The second-order valence-electron chi connectivity index (χ2n) is 2.17. The van der Waals surface area contributed by atoms with Crippen LogP contribution in [-0.2, 0) is 13.5 Å². The van der Waals surface area contributed by atoms with Crippen LogP contribution in [0, 0.1) is 0 Å². The minimum absolute atomic E-state index is 0.405. The fraction of sp³-hybridized carbons (Fsp3) is 0.500. The first-order chi connectivity index (χ1) is 4.68. The van der Waals surface area contributed by atoms with Gasteiger partial charge in [0.1, 0.15) is 5.56 Å². The Balaban J connectivity index is 2.58. The van der Waals surface area contributed by atoms with Gasteiger partial charge in [0, 0.05) is 19.7 Å². The molecule has 0 saturated carbocycles. The Morgan fingerprint density at radius 1 is 1.90 bits per heavy atom. The highest BCUT2D eigenvalue weighted by Crippen LogP contribution is 2.01. The Morgan fingerprint density at radius 2 is 2.60 bits per heavy atom. The van der Waals surface area contributed by atoms with E-state index in [1.807, 2.05) is 17.8 Å². The Kier molecular flexibility index (Phi) is 2.29. The molecule has 0 saturated heterocycles. The van der Waals surface area contributed by atoms with E-state index < -0.39 is 5.56 Å². The molecule has 1 N–H and O–H groups in total. The molecule has 0 spiro atoms. The zero-order valence-corrected chi connectivity index (χ0v) is 6.41. The van der Waals surface area contributed by atoms with Crippen molar-refractivity contribution in [3.8, 4) is 0 Å². The molecule has 0 radical (unpaired) electrons. The Morgan fingerprint density at radius 3 is 3.00 bits per heavy atom. The van der Waals surface area contributed by atoms with Gasteiger partial charge in [0.2, 0.25) is 0 Å². The maximum Gasteiger partial charge on any atom is 0.133 e. The third kappa shape index (κ3) is 2.01. The summed E-state index contributed by atoms with van der Waals surface area (Å²) >= 11 is 5.33. The first-order valence-electron chi connectivity index (χ1n) is 2.97. The SMILES string of the molecule is Cn1cnc(CC(O)Cl)c1. The van der Waals surface area contributed by atoms with Gasteiger partial charge in [-0.25, -0.2) is 4.98 Å². The van der Waals surface area contributed by atoms with Gasteiger partial charge in [0.15, 0.2) is 0 Å². The van der Waals surface area contributed by atoms with E-state index in [1.54, 1.807) is 6.33 Å². The third-order valence-electron chi connectivity index (χ3n) is 1.14. The smallest absolute Gasteiger partial charge is 0.133 e. The number of aryl methyl sites for hydroxylation is 1. The van der Waals surface area contributed by atoms with Gasteiger partial charge < -0.3 is 9.67 Å². The molecule has 4 heteroatoms. The molecule has 0 aliphatic heterocycles. The van der Waals surface area contributed by atoms with Crippen molar-refractivity contribution in [3.05, 3.63) is 18.2 Å². The van der Waals surface area contributed by atoms with E-state index in [-0.39, 0.29) is 0 Å². The second kappa shape index (κ2) is 3.03. The fourth-order valence-corrected chi connectivity index (χ4v) is 0.903. The van der Waals surface area contributed by atoms with Gasteiger partial charge in [-0.05, 0) is 0 Å². The second-order valence-corrected chi connectivity index (χ2v) is 2.67. The lowest BCUT2D eigenvalue weighted by Gasteiger charge is -1.95.